The Morgan fingerprint density at radius 2 is 2.04 bits per heavy atom. The van der Waals surface area contributed by atoms with Crippen LogP contribution in [0.2, 0.25) is 0 Å². The molecule has 1 aliphatic heterocycles. The van der Waals surface area contributed by atoms with Gasteiger partial charge in [-0.3, -0.25) is 4.79 Å². The van der Waals surface area contributed by atoms with E-state index in [9.17, 15) is 13.2 Å². The second-order valence-corrected chi connectivity index (χ2v) is 8.51. The molecular weight excluding hydrogens is 344 g/mol. The number of carbonyl (C=O) groups is 1. The minimum absolute atomic E-state index is 0.0566. The van der Waals surface area contributed by atoms with Crippen LogP contribution in [0.3, 0.4) is 0 Å². The zero-order valence-corrected chi connectivity index (χ0v) is 15.7. The van der Waals surface area contributed by atoms with Gasteiger partial charge in [-0.2, -0.15) is 0 Å². The van der Waals surface area contributed by atoms with Gasteiger partial charge >= 0.3 is 0 Å². The number of sulfonamides is 1. The highest BCUT2D eigenvalue weighted by Crippen LogP contribution is 2.21. The second-order valence-electron chi connectivity index (χ2n) is 6.28. The lowest BCUT2D eigenvalue weighted by molar-refractivity contribution is 0.0922. The SMILES string of the molecule is CCCOc1ccccc1C(=O)N[C@H]1COC[C@H]1CS(=O)(=O)N(C)C. The summed E-state index contributed by atoms with van der Waals surface area (Å²) in [5.41, 5.74) is 0.442. The first-order valence-corrected chi connectivity index (χ1v) is 9.96. The van der Waals surface area contributed by atoms with Gasteiger partial charge in [0.2, 0.25) is 10.0 Å². The van der Waals surface area contributed by atoms with Crippen LogP contribution in [0.15, 0.2) is 24.3 Å². The lowest BCUT2D eigenvalue weighted by Gasteiger charge is -2.21. The van der Waals surface area contributed by atoms with Gasteiger partial charge in [0.25, 0.3) is 5.91 Å². The summed E-state index contributed by atoms with van der Waals surface area (Å²) in [5, 5.41) is 2.90. The second kappa shape index (κ2) is 8.64. The Hall–Kier alpha value is -1.64. The van der Waals surface area contributed by atoms with Crippen molar-refractivity contribution >= 4 is 15.9 Å². The molecule has 2 rings (SSSR count). The third-order valence-electron chi connectivity index (χ3n) is 4.09. The van der Waals surface area contributed by atoms with Gasteiger partial charge in [-0.25, -0.2) is 12.7 Å². The number of benzene rings is 1. The molecule has 1 aromatic carbocycles. The molecule has 1 N–H and O–H groups in total. The number of hydrogen-bond acceptors (Lipinski definition) is 5. The van der Waals surface area contributed by atoms with Crippen LogP contribution in [0.1, 0.15) is 23.7 Å². The van der Waals surface area contributed by atoms with E-state index in [4.69, 9.17) is 9.47 Å². The fraction of sp³-hybridized carbons (Fsp3) is 0.588. The van der Waals surface area contributed by atoms with Crippen molar-refractivity contribution in [1.82, 2.24) is 9.62 Å². The van der Waals surface area contributed by atoms with Crippen molar-refractivity contribution in [3.63, 3.8) is 0 Å². The summed E-state index contributed by atoms with van der Waals surface area (Å²) in [4.78, 5) is 12.6. The molecule has 0 saturated carbocycles. The van der Waals surface area contributed by atoms with Crippen LogP contribution < -0.4 is 10.1 Å². The van der Waals surface area contributed by atoms with Gasteiger partial charge in [0.1, 0.15) is 5.75 Å². The van der Waals surface area contributed by atoms with Gasteiger partial charge < -0.3 is 14.8 Å². The number of hydrogen-bond donors (Lipinski definition) is 1. The molecule has 0 radical (unpaired) electrons. The lowest BCUT2D eigenvalue weighted by Crippen LogP contribution is -2.43. The highest BCUT2D eigenvalue weighted by molar-refractivity contribution is 7.89. The van der Waals surface area contributed by atoms with Crippen LogP contribution in [-0.4, -0.2) is 64.3 Å². The summed E-state index contributed by atoms with van der Waals surface area (Å²) >= 11 is 0. The molecule has 0 aromatic heterocycles. The zero-order valence-electron chi connectivity index (χ0n) is 14.9. The van der Waals surface area contributed by atoms with E-state index >= 15 is 0 Å². The molecule has 1 amide bonds. The fourth-order valence-electron chi connectivity index (χ4n) is 2.58. The van der Waals surface area contributed by atoms with Crippen molar-refractivity contribution in [1.29, 1.82) is 0 Å². The standard InChI is InChI=1S/C17H26N2O5S/c1-4-9-24-16-8-6-5-7-14(16)17(20)18-15-11-23-10-13(15)12-25(21,22)19(2)3/h5-8,13,15H,4,9-12H2,1-3H3,(H,18,20)/t13-,15-/m0/s1. The molecule has 0 bridgehead atoms. The van der Waals surface area contributed by atoms with Crippen molar-refractivity contribution in [3.8, 4) is 5.75 Å². The topological polar surface area (TPSA) is 84.9 Å². The first-order valence-electron chi connectivity index (χ1n) is 8.35. The maximum Gasteiger partial charge on any atom is 0.255 e. The third kappa shape index (κ3) is 5.17. The molecule has 1 heterocycles. The average Bonchev–Trinajstić information content (AvgIpc) is 2.99. The first-order chi connectivity index (χ1) is 11.8. The summed E-state index contributed by atoms with van der Waals surface area (Å²) in [6, 6.07) is 6.69. The molecule has 0 aliphatic carbocycles. The molecule has 1 fully saturated rings. The number of amides is 1. The van der Waals surface area contributed by atoms with Crippen molar-refractivity contribution in [2.45, 2.75) is 19.4 Å². The highest BCUT2D eigenvalue weighted by Gasteiger charge is 2.34. The molecule has 1 aliphatic rings. The Labute approximate surface area is 149 Å². The van der Waals surface area contributed by atoms with Gasteiger partial charge in [0.15, 0.2) is 0 Å². The maximum absolute atomic E-state index is 12.6. The Morgan fingerprint density at radius 3 is 2.72 bits per heavy atom. The van der Waals surface area contributed by atoms with E-state index in [1.165, 1.54) is 18.4 Å². The Bertz CT molecular complexity index is 690. The number of rotatable bonds is 8. The molecule has 2 atom stereocenters. The van der Waals surface area contributed by atoms with E-state index in [2.05, 4.69) is 5.32 Å². The average molecular weight is 370 g/mol. The zero-order chi connectivity index (χ0) is 18.4. The maximum atomic E-state index is 12.6. The predicted octanol–water partition coefficient (Wildman–Crippen LogP) is 1.11. The molecule has 1 saturated heterocycles. The molecule has 140 valence electrons. The van der Waals surface area contributed by atoms with Gasteiger partial charge in [-0.1, -0.05) is 19.1 Å². The van der Waals surface area contributed by atoms with Gasteiger partial charge in [-0.15, -0.1) is 0 Å². The monoisotopic (exact) mass is 370 g/mol. The largest absolute Gasteiger partial charge is 0.493 e. The highest BCUT2D eigenvalue weighted by atomic mass is 32.2. The normalized spacial score (nSPS) is 20.6. The van der Waals surface area contributed by atoms with Crippen LogP contribution in [0.5, 0.6) is 5.75 Å². The number of para-hydroxylation sites is 1. The van der Waals surface area contributed by atoms with Gasteiger partial charge in [0, 0.05) is 20.0 Å². The number of nitrogens with zero attached hydrogens (tertiary/aromatic N) is 1. The number of carbonyl (C=O) groups excluding carboxylic acids is 1. The van der Waals surface area contributed by atoms with E-state index in [1.54, 1.807) is 18.2 Å². The summed E-state index contributed by atoms with van der Waals surface area (Å²) in [7, 11) is -0.358. The Kier molecular flexibility index (Phi) is 6.80. The minimum Gasteiger partial charge on any atom is -0.493 e. The molecular formula is C17H26N2O5S. The van der Waals surface area contributed by atoms with E-state index in [1.807, 2.05) is 13.0 Å². The Morgan fingerprint density at radius 1 is 1.32 bits per heavy atom. The van der Waals surface area contributed by atoms with Crippen molar-refractivity contribution < 1.29 is 22.7 Å². The quantitative estimate of drug-likeness (QED) is 0.741. The number of nitrogens with one attached hydrogen (secondary N) is 1. The summed E-state index contributed by atoms with van der Waals surface area (Å²) in [5.74, 6) is -0.0911. The van der Waals surface area contributed by atoms with Crippen molar-refractivity contribution in [3.05, 3.63) is 29.8 Å². The molecule has 7 nitrogen and oxygen atoms in total. The summed E-state index contributed by atoms with van der Waals surface area (Å²) in [6.45, 7) is 3.14. The van der Waals surface area contributed by atoms with Crippen LogP contribution in [-0.2, 0) is 14.8 Å². The van der Waals surface area contributed by atoms with Crippen molar-refractivity contribution in [2.24, 2.45) is 5.92 Å². The minimum atomic E-state index is -3.36. The molecule has 0 unspecified atom stereocenters. The molecule has 0 spiro atoms. The van der Waals surface area contributed by atoms with Crippen LogP contribution in [0, 0.1) is 5.92 Å². The molecule has 1 aromatic rings. The number of ether oxygens (including phenoxy) is 2. The van der Waals surface area contributed by atoms with Gasteiger partial charge in [-0.05, 0) is 18.6 Å². The van der Waals surface area contributed by atoms with E-state index in [-0.39, 0.29) is 23.6 Å². The van der Waals surface area contributed by atoms with Gasteiger partial charge in [0.05, 0.1) is 37.2 Å². The van der Waals surface area contributed by atoms with Crippen LogP contribution in [0.4, 0.5) is 0 Å². The lowest BCUT2D eigenvalue weighted by atomic mass is 10.1. The molecule has 25 heavy (non-hydrogen) atoms. The van der Waals surface area contributed by atoms with E-state index < -0.39 is 10.0 Å². The fourth-order valence-corrected chi connectivity index (χ4v) is 3.75. The van der Waals surface area contributed by atoms with Crippen LogP contribution >= 0.6 is 0 Å². The van der Waals surface area contributed by atoms with E-state index in [0.29, 0.717) is 31.1 Å². The summed E-state index contributed by atoms with van der Waals surface area (Å²) in [6.07, 6.45) is 0.844. The van der Waals surface area contributed by atoms with Crippen LogP contribution in [0.25, 0.3) is 0 Å². The first kappa shape index (κ1) is 19.7. The smallest absolute Gasteiger partial charge is 0.255 e. The molecule has 8 heteroatoms. The third-order valence-corrected chi connectivity index (χ3v) is 6.05. The van der Waals surface area contributed by atoms with Crippen molar-refractivity contribution in [2.75, 3.05) is 39.7 Å². The Balaban J connectivity index is 2.07. The predicted molar refractivity (Wildman–Crippen MR) is 95.3 cm³/mol. The summed E-state index contributed by atoms with van der Waals surface area (Å²) < 4.78 is 36.4. The van der Waals surface area contributed by atoms with E-state index in [0.717, 1.165) is 6.42 Å².